The van der Waals surface area contributed by atoms with Crippen LogP contribution in [0.4, 0.5) is 0 Å². The van der Waals surface area contributed by atoms with Gasteiger partial charge in [-0.2, -0.15) is 0 Å². The maximum Gasteiger partial charge on any atom is 0.177 e. The van der Waals surface area contributed by atoms with E-state index >= 15 is 0 Å². The molecule has 0 spiro atoms. The van der Waals surface area contributed by atoms with E-state index in [9.17, 15) is 4.79 Å². The Kier molecular flexibility index (Phi) is 1.83. The highest BCUT2D eigenvalue weighted by molar-refractivity contribution is 5.99. The molecule has 0 radical (unpaired) electrons. The average Bonchev–Trinajstić information content (AvgIpc) is 2.63. The van der Waals surface area contributed by atoms with Gasteiger partial charge in [0.1, 0.15) is 5.65 Å². The molecule has 2 rings (SSSR count). The molecule has 0 aliphatic heterocycles. The largest absolute Gasteiger partial charge is 0.346 e. The zero-order valence-corrected chi connectivity index (χ0v) is 6.95. The smallest absolute Gasteiger partial charge is 0.177 e. The number of nitrogens with zero attached hydrogens (tertiary/aromatic N) is 1. The first kappa shape index (κ1) is 7.94. The number of pyridine rings is 1. The van der Waals surface area contributed by atoms with Crippen LogP contribution in [0.5, 0.6) is 0 Å². The van der Waals surface area contributed by atoms with E-state index in [2.05, 4.69) is 9.97 Å². The number of Topliss-reactive ketones (excluding diaryl/α,β-unsaturated/α-hetero) is 1. The van der Waals surface area contributed by atoms with Gasteiger partial charge in [0, 0.05) is 23.3 Å². The van der Waals surface area contributed by atoms with E-state index in [0.29, 0.717) is 5.56 Å². The highest BCUT2D eigenvalue weighted by Crippen LogP contribution is 2.11. The van der Waals surface area contributed by atoms with Gasteiger partial charge in [0.2, 0.25) is 0 Å². The Labute approximate surface area is 74.8 Å². The molecule has 0 fully saturated rings. The summed E-state index contributed by atoms with van der Waals surface area (Å²) >= 11 is 0. The number of carbonyl (C=O) groups is 1. The van der Waals surface area contributed by atoms with Crippen LogP contribution in [-0.4, -0.2) is 22.3 Å². The monoisotopic (exact) mass is 175 g/mol. The molecule has 2 aromatic rings. The van der Waals surface area contributed by atoms with Gasteiger partial charge >= 0.3 is 0 Å². The lowest BCUT2D eigenvalue weighted by Gasteiger charge is -1.96. The van der Waals surface area contributed by atoms with Gasteiger partial charge < -0.3 is 10.7 Å². The normalized spacial score (nSPS) is 10.5. The lowest BCUT2D eigenvalue weighted by atomic mass is 10.1. The number of rotatable bonds is 2. The second-order valence-electron chi connectivity index (χ2n) is 2.77. The fourth-order valence-corrected chi connectivity index (χ4v) is 1.21. The number of nitrogens with one attached hydrogen (secondary N) is 1. The van der Waals surface area contributed by atoms with Gasteiger partial charge in [-0.1, -0.05) is 0 Å². The Morgan fingerprint density at radius 1 is 1.62 bits per heavy atom. The third kappa shape index (κ3) is 1.31. The van der Waals surface area contributed by atoms with Crippen LogP contribution in [0.3, 0.4) is 0 Å². The highest BCUT2D eigenvalue weighted by Gasteiger charge is 2.04. The number of carbonyl (C=O) groups excluding carboxylic acids is 1. The number of aromatic amines is 1. The van der Waals surface area contributed by atoms with Crippen LogP contribution in [0.1, 0.15) is 10.4 Å². The quantitative estimate of drug-likeness (QED) is 0.660. The molecule has 4 nitrogen and oxygen atoms in total. The van der Waals surface area contributed by atoms with Gasteiger partial charge in [-0.3, -0.25) is 4.79 Å². The Morgan fingerprint density at radius 2 is 2.46 bits per heavy atom. The maximum atomic E-state index is 11.2. The minimum Gasteiger partial charge on any atom is -0.346 e. The second-order valence-corrected chi connectivity index (χ2v) is 2.77. The molecule has 0 saturated carbocycles. The van der Waals surface area contributed by atoms with Gasteiger partial charge in [0.15, 0.2) is 5.78 Å². The molecule has 0 unspecified atom stereocenters. The summed E-state index contributed by atoms with van der Waals surface area (Å²) in [6.45, 7) is 0.0254. The SMILES string of the molecule is NCC(=O)c1cnc2[nH]ccc2c1. The van der Waals surface area contributed by atoms with Crippen molar-refractivity contribution in [2.24, 2.45) is 5.73 Å². The Morgan fingerprint density at radius 3 is 3.23 bits per heavy atom. The fourth-order valence-electron chi connectivity index (χ4n) is 1.21. The van der Waals surface area contributed by atoms with Gasteiger partial charge in [-0.15, -0.1) is 0 Å². The summed E-state index contributed by atoms with van der Waals surface area (Å²) in [5, 5.41) is 0.930. The molecule has 2 aromatic heterocycles. The molecular weight excluding hydrogens is 166 g/mol. The van der Waals surface area contributed by atoms with Gasteiger partial charge in [0.25, 0.3) is 0 Å². The van der Waals surface area contributed by atoms with Crippen LogP contribution >= 0.6 is 0 Å². The molecule has 66 valence electrons. The summed E-state index contributed by atoms with van der Waals surface area (Å²) in [4.78, 5) is 18.2. The molecule has 0 bridgehead atoms. The van der Waals surface area contributed by atoms with E-state index in [-0.39, 0.29) is 12.3 Å². The maximum absolute atomic E-state index is 11.2. The molecule has 13 heavy (non-hydrogen) atoms. The zero-order valence-electron chi connectivity index (χ0n) is 6.95. The van der Waals surface area contributed by atoms with Crippen molar-refractivity contribution in [1.82, 2.24) is 9.97 Å². The summed E-state index contributed by atoms with van der Waals surface area (Å²) in [7, 11) is 0. The van der Waals surface area contributed by atoms with Gasteiger partial charge in [0.05, 0.1) is 6.54 Å². The number of aromatic nitrogens is 2. The zero-order chi connectivity index (χ0) is 9.26. The summed E-state index contributed by atoms with van der Waals surface area (Å²) in [6, 6.07) is 3.66. The third-order valence-corrected chi connectivity index (χ3v) is 1.91. The Hall–Kier alpha value is -1.68. The van der Waals surface area contributed by atoms with Crippen LogP contribution < -0.4 is 5.73 Å². The molecular formula is C9H9N3O. The molecule has 0 amide bonds. The summed E-state index contributed by atoms with van der Waals surface area (Å²) in [6.07, 6.45) is 3.32. The topological polar surface area (TPSA) is 71.8 Å². The first-order valence-corrected chi connectivity index (χ1v) is 3.97. The van der Waals surface area contributed by atoms with Gasteiger partial charge in [-0.05, 0) is 12.1 Å². The Bertz CT molecular complexity index is 447. The average molecular weight is 175 g/mol. The summed E-state index contributed by atoms with van der Waals surface area (Å²) in [5.74, 6) is -0.0874. The van der Waals surface area contributed by atoms with E-state index in [4.69, 9.17) is 5.73 Å². The molecule has 4 heteroatoms. The predicted octanol–water partition coefficient (Wildman–Crippen LogP) is 0.704. The number of ketones is 1. The Balaban J connectivity index is 2.54. The summed E-state index contributed by atoms with van der Waals surface area (Å²) in [5.41, 5.74) is 6.59. The van der Waals surface area contributed by atoms with Crippen molar-refractivity contribution in [1.29, 1.82) is 0 Å². The van der Waals surface area contributed by atoms with E-state index in [1.165, 1.54) is 6.20 Å². The van der Waals surface area contributed by atoms with Crippen LogP contribution in [0.2, 0.25) is 0 Å². The molecule has 0 aliphatic carbocycles. The van der Waals surface area contributed by atoms with Crippen molar-refractivity contribution in [2.45, 2.75) is 0 Å². The lowest BCUT2D eigenvalue weighted by Crippen LogP contribution is -2.13. The highest BCUT2D eigenvalue weighted by atomic mass is 16.1. The first-order valence-electron chi connectivity index (χ1n) is 3.97. The van der Waals surface area contributed by atoms with Crippen molar-refractivity contribution < 1.29 is 4.79 Å². The van der Waals surface area contributed by atoms with Crippen molar-refractivity contribution in [2.75, 3.05) is 6.54 Å². The van der Waals surface area contributed by atoms with Gasteiger partial charge in [-0.25, -0.2) is 4.98 Å². The van der Waals surface area contributed by atoms with Crippen LogP contribution in [0.25, 0.3) is 11.0 Å². The van der Waals surface area contributed by atoms with Crippen molar-refractivity contribution in [3.63, 3.8) is 0 Å². The van der Waals surface area contributed by atoms with Crippen molar-refractivity contribution in [3.8, 4) is 0 Å². The van der Waals surface area contributed by atoms with E-state index in [1.54, 1.807) is 12.3 Å². The molecule has 3 N–H and O–H groups in total. The molecule has 0 saturated heterocycles. The minimum absolute atomic E-state index is 0.0254. The van der Waals surface area contributed by atoms with E-state index < -0.39 is 0 Å². The molecule has 2 heterocycles. The molecule has 0 aliphatic rings. The second kappa shape index (κ2) is 2.99. The molecule has 0 aromatic carbocycles. The van der Waals surface area contributed by atoms with Crippen molar-refractivity contribution >= 4 is 16.8 Å². The van der Waals surface area contributed by atoms with Crippen LogP contribution in [0, 0.1) is 0 Å². The van der Waals surface area contributed by atoms with Crippen molar-refractivity contribution in [3.05, 3.63) is 30.1 Å². The minimum atomic E-state index is -0.0874. The fraction of sp³-hybridized carbons (Fsp3) is 0.111. The van der Waals surface area contributed by atoms with E-state index in [1.807, 2.05) is 6.07 Å². The number of fused-ring (bicyclic) bond motifs is 1. The molecule has 0 atom stereocenters. The summed E-state index contributed by atoms with van der Waals surface area (Å²) < 4.78 is 0. The van der Waals surface area contributed by atoms with E-state index in [0.717, 1.165) is 11.0 Å². The number of hydrogen-bond donors (Lipinski definition) is 2. The van der Waals surface area contributed by atoms with Crippen LogP contribution in [-0.2, 0) is 0 Å². The predicted molar refractivity (Wildman–Crippen MR) is 49.5 cm³/mol. The van der Waals surface area contributed by atoms with Crippen LogP contribution in [0.15, 0.2) is 24.5 Å². The third-order valence-electron chi connectivity index (χ3n) is 1.91. The number of nitrogens with two attached hydrogens (primary N) is 1. The first-order chi connectivity index (χ1) is 6.31. The number of hydrogen-bond acceptors (Lipinski definition) is 3. The standard InChI is InChI=1S/C9H9N3O/c10-4-8(13)7-3-6-1-2-11-9(6)12-5-7/h1-3,5H,4,10H2,(H,11,12). The number of H-pyrrole nitrogens is 1. The lowest BCUT2D eigenvalue weighted by molar-refractivity contribution is 0.100.